The molecule has 0 amide bonds. The fourth-order valence-electron chi connectivity index (χ4n) is 3.81. The minimum Gasteiger partial charge on any atom is -0.490 e. The number of benzene rings is 1. The SMILES string of the molecule is CCCCCCCCCCOc1cc2c(=O)c(C(=O)OCC)cn(CC)c2cc1OCC. The van der Waals surface area contributed by atoms with Crippen molar-refractivity contribution >= 4 is 16.9 Å². The van der Waals surface area contributed by atoms with Gasteiger partial charge in [-0.2, -0.15) is 0 Å². The van der Waals surface area contributed by atoms with Crippen molar-refractivity contribution in [3.05, 3.63) is 34.1 Å². The zero-order chi connectivity index (χ0) is 23.3. The van der Waals surface area contributed by atoms with E-state index in [-0.39, 0.29) is 17.6 Å². The molecule has 0 radical (unpaired) electrons. The Labute approximate surface area is 191 Å². The molecule has 32 heavy (non-hydrogen) atoms. The number of rotatable bonds is 15. The third kappa shape index (κ3) is 7.01. The fourth-order valence-corrected chi connectivity index (χ4v) is 3.81. The molecule has 1 aromatic heterocycles. The Morgan fingerprint density at radius 2 is 1.50 bits per heavy atom. The number of pyridine rings is 1. The number of unbranched alkanes of at least 4 members (excludes halogenated alkanes) is 7. The molecule has 0 unspecified atom stereocenters. The van der Waals surface area contributed by atoms with Crippen LogP contribution in [0.15, 0.2) is 23.1 Å². The largest absolute Gasteiger partial charge is 0.490 e. The molecule has 2 aromatic rings. The van der Waals surface area contributed by atoms with Gasteiger partial charge in [-0.05, 0) is 33.3 Å². The van der Waals surface area contributed by atoms with Crippen molar-refractivity contribution in [1.29, 1.82) is 0 Å². The highest BCUT2D eigenvalue weighted by Crippen LogP contribution is 2.32. The van der Waals surface area contributed by atoms with Crippen molar-refractivity contribution in [2.75, 3.05) is 19.8 Å². The molecule has 0 N–H and O–H groups in total. The molecule has 0 fully saturated rings. The number of hydrogen-bond acceptors (Lipinski definition) is 5. The molecule has 2 rings (SSSR count). The lowest BCUT2D eigenvalue weighted by molar-refractivity contribution is 0.0524. The minimum absolute atomic E-state index is 0.0411. The zero-order valence-corrected chi connectivity index (χ0v) is 20.2. The van der Waals surface area contributed by atoms with Crippen molar-refractivity contribution in [1.82, 2.24) is 4.57 Å². The van der Waals surface area contributed by atoms with Gasteiger partial charge in [0.15, 0.2) is 11.5 Å². The molecule has 1 aromatic carbocycles. The Hall–Kier alpha value is -2.50. The molecule has 6 heteroatoms. The Balaban J connectivity index is 2.19. The molecular weight excluding hydrogens is 406 g/mol. The van der Waals surface area contributed by atoms with Gasteiger partial charge in [-0.15, -0.1) is 0 Å². The van der Waals surface area contributed by atoms with E-state index in [1.54, 1.807) is 19.2 Å². The second kappa shape index (κ2) is 13.8. The maximum atomic E-state index is 13.0. The van der Waals surface area contributed by atoms with Crippen LogP contribution in [0.1, 0.15) is 89.4 Å². The van der Waals surface area contributed by atoms with Crippen molar-refractivity contribution in [2.24, 2.45) is 0 Å². The number of aromatic nitrogens is 1. The Morgan fingerprint density at radius 1 is 0.844 bits per heavy atom. The van der Waals surface area contributed by atoms with Crippen molar-refractivity contribution in [3.63, 3.8) is 0 Å². The Kier molecular flexibility index (Phi) is 11.1. The van der Waals surface area contributed by atoms with E-state index in [1.807, 2.05) is 24.5 Å². The van der Waals surface area contributed by atoms with E-state index in [0.29, 0.717) is 42.2 Å². The number of hydrogen-bond donors (Lipinski definition) is 0. The molecule has 0 aliphatic heterocycles. The fraction of sp³-hybridized carbons (Fsp3) is 0.615. The van der Waals surface area contributed by atoms with Crippen LogP contribution in [0, 0.1) is 0 Å². The predicted octanol–water partition coefficient (Wildman–Crippen LogP) is 6.12. The molecule has 0 spiro atoms. The van der Waals surface area contributed by atoms with Gasteiger partial charge < -0.3 is 18.8 Å². The van der Waals surface area contributed by atoms with Gasteiger partial charge in [0.25, 0.3) is 0 Å². The minimum atomic E-state index is -0.600. The maximum absolute atomic E-state index is 13.0. The van der Waals surface area contributed by atoms with Gasteiger partial charge >= 0.3 is 5.97 Å². The first-order valence-corrected chi connectivity index (χ1v) is 12.2. The van der Waals surface area contributed by atoms with Crippen LogP contribution in [0.3, 0.4) is 0 Å². The summed E-state index contributed by atoms with van der Waals surface area (Å²) < 4.78 is 18.8. The van der Waals surface area contributed by atoms with E-state index in [1.165, 1.54) is 38.5 Å². The van der Waals surface area contributed by atoms with Gasteiger partial charge in [0.2, 0.25) is 5.43 Å². The van der Waals surface area contributed by atoms with Gasteiger partial charge in [-0.25, -0.2) is 4.79 Å². The number of esters is 1. The molecule has 178 valence electrons. The molecule has 0 saturated heterocycles. The number of carbonyl (C=O) groups is 1. The average Bonchev–Trinajstić information content (AvgIpc) is 2.79. The van der Waals surface area contributed by atoms with E-state index < -0.39 is 5.97 Å². The quantitative estimate of drug-likeness (QED) is 0.244. The van der Waals surface area contributed by atoms with Gasteiger partial charge in [-0.3, -0.25) is 4.79 Å². The molecule has 0 saturated carbocycles. The first-order valence-electron chi connectivity index (χ1n) is 12.2. The third-order valence-electron chi connectivity index (χ3n) is 5.54. The zero-order valence-electron chi connectivity index (χ0n) is 20.2. The highest BCUT2D eigenvalue weighted by Gasteiger charge is 2.19. The van der Waals surface area contributed by atoms with Crippen LogP contribution < -0.4 is 14.9 Å². The molecule has 0 aliphatic carbocycles. The third-order valence-corrected chi connectivity index (χ3v) is 5.54. The topological polar surface area (TPSA) is 66.8 Å². The van der Waals surface area contributed by atoms with Crippen LogP contribution in [0.2, 0.25) is 0 Å². The van der Waals surface area contributed by atoms with Crippen LogP contribution >= 0.6 is 0 Å². The summed E-state index contributed by atoms with van der Waals surface area (Å²) in [7, 11) is 0. The first kappa shape index (κ1) is 25.8. The van der Waals surface area contributed by atoms with E-state index in [4.69, 9.17) is 14.2 Å². The number of fused-ring (bicyclic) bond motifs is 1. The first-order chi connectivity index (χ1) is 15.6. The number of aryl methyl sites for hydroxylation is 1. The summed E-state index contributed by atoms with van der Waals surface area (Å²) >= 11 is 0. The van der Waals surface area contributed by atoms with E-state index in [9.17, 15) is 9.59 Å². The summed E-state index contributed by atoms with van der Waals surface area (Å²) in [5.41, 5.74) is 0.413. The van der Waals surface area contributed by atoms with Crippen molar-refractivity contribution < 1.29 is 19.0 Å². The molecule has 0 aliphatic rings. The van der Waals surface area contributed by atoms with Crippen LogP contribution in [0.25, 0.3) is 10.9 Å². The lowest BCUT2D eigenvalue weighted by Crippen LogP contribution is -2.21. The highest BCUT2D eigenvalue weighted by atomic mass is 16.5. The Bertz CT molecular complexity index is 919. The molecule has 1 heterocycles. The van der Waals surface area contributed by atoms with Gasteiger partial charge in [-0.1, -0.05) is 51.9 Å². The summed E-state index contributed by atoms with van der Waals surface area (Å²) in [6, 6.07) is 3.55. The van der Waals surface area contributed by atoms with E-state index in [0.717, 1.165) is 12.8 Å². The molecule has 0 atom stereocenters. The smallest absolute Gasteiger partial charge is 0.343 e. The number of nitrogens with zero attached hydrogens (tertiary/aromatic N) is 1. The van der Waals surface area contributed by atoms with E-state index in [2.05, 4.69) is 6.92 Å². The monoisotopic (exact) mass is 445 g/mol. The summed E-state index contributed by atoms with van der Waals surface area (Å²) in [6.45, 7) is 9.73. The highest BCUT2D eigenvalue weighted by molar-refractivity contribution is 5.94. The number of ether oxygens (including phenoxy) is 3. The summed E-state index contributed by atoms with van der Waals surface area (Å²) in [5.74, 6) is 0.560. The van der Waals surface area contributed by atoms with Crippen molar-refractivity contribution in [3.8, 4) is 11.5 Å². The normalized spacial score (nSPS) is 11.0. The van der Waals surface area contributed by atoms with Crippen LogP contribution in [0.4, 0.5) is 0 Å². The molecular formula is C26H39NO5. The Morgan fingerprint density at radius 3 is 2.12 bits per heavy atom. The van der Waals surface area contributed by atoms with Crippen LogP contribution in [-0.2, 0) is 11.3 Å². The second-order valence-electron chi connectivity index (χ2n) is 7.95. The van der Waals surface area contributed by atoms with Gasteiger partial charge in [0.1, 0.15) is 5.56 Å². The van der Waals surface area contributed by atoms with Gasteiger partial charge in [0, 0.05) is 18.8 Å². The summed E-state index contributed by atoms with van der Waals surface area (Å²) in [6.07, 6.45) is 11.4. The van der Waals surface area contributed by atoms with Gasteiger partial charge in [0.05, 0.1) is 30.7 Å². The van der Waals surface area contributed by atoms with Crippen LogP contribution in [-0.4, -0.2) is 30.4 Å². The predicted molar refractivity (Wildman–Crippen MR) is 129 cm³/mol. The van der Waals surface area contributed by atoms with Crippen molar-refractivity contribution in [2.45, 2.75) is 85.6 Å². The van der Waals surface area contributed by atoms with E-state index >= 15 is 0 Å². The molecule has 0 bridgehead atoms. The molecule has 6 nitrogen and oxygen atoms in total. The lowest BCUT2D eigenvalue weighted by Gasteiger charge is -2.16. The lowest BCUT2D eigenvalue weighted by atomic mass is 10.1. The standard InChI is InChI=1S/C26H39NO5/c1-5-9-10-11-12-13-14-15-16-32-23-17-20-22(18-24(23)30-7-3)27(6-2)19-21(25(20)28)26(29)31-8-4/h17-19H,5-16H2,1-4H3. The summed E-state index contributed by atoms with van der Waals surface area (Å²) in [4.78, 5) is 25.3. The average molecular weight is 446 g/mol. The summed E-state index contributed by atoms with van der Waals surface area (Å²) in [5, 5.41) is 0.437. The van der Waals surface area contributed by atoms with Crippen LogP contribution in [0.5, 0.6) is 11.5 Å². The maximum Gasteiger partial charge on any atom is 0.343 e. The number of carbonyl (C=O) groups excluding carboxylic acids is 1. The second-order valence-corrected chi connectivity index (χ2v) is 7.95.